The molecule has 0 saturated heterocycles. The van der Waals surface area contributed by atoms with Crippen LogP contribution in [0.4, 0.5) is 4.39 Å². The monoisotopic (exact) mass is 587 g/mol. The van der Waals surface area contributed by atoms with Crippen molar-refractivity contribution in [1.82, 2.24) is 5.06 Å². The number of ether oxygens (including phenoxy) is 1. The number of benzene rings is 1. The molecule has 1 N–H and O–H groups in total. The minimum Gasteiger partial charge on any atom is -0.463 e. The highest BCUT2D eigenvalue weighted by atomic mass is 35.5. The molecular formula is C33H43ClFNO5. The number of unbranched alkanes of at least 4 members (excludes halogenated alkanes) is 1. The van der Waals surface area contributed by atoms with Crippen LogP contribution < -0.4 is 0 Å². The Morgan fingerprint density at radius 2 is 1.93 bits per heavy atom. The van der Waals surface area contributed by atoms with Crippen LogP contribution in [0, 0.1) is 34.5 Å². The van der Waals surface area contributed by atoms with Crippen molar-refractivity contribution < 1.29 is 28.7 Å². The normalized spacial score (nSPS) is 39.6. The minimum atomic E-state index is -1.36. The first-order valence-corrected chi connectivity index (χ1v) is 15.3. The van der Waals surface area contributed by atoms with E-state index in [0.717, 1.165) is 18.4 Å². The van der Waals surface area contributed by atoms with Crippen LogP contribution in [0.3, 0.4) is 0 Å². The Morgan fingerprint density at radius 3 is 2.61 bits per heavy atom. The number of allylic oxidation sites excluding steroid dienone is 4. The van der Waals surface area contributed by atoms with Gasteiger partial charge in [0.1, 0.15) is 6.17 Å². The van der Waals surface area contributed by atoms with Gasteiger partial charge in [0, 0.05) is 35.4 Å². The first kappa shape index (κ1) is 30.4. The predicted molar refractivity (Wildman–Crippen MR) is 155 cm³/mol. The summed E-state index contributed by atoms with van der Waals surface area (Å²) in [6.07, 6.45) is 5.39. The Bertz CT molecular complexity index is 1230. The summed E-state index contributed by atoms with van der Waals surface area (Å²) in [4.78, 5) is 33.1. The van der Waals surface area contributed by atoms with Crippen LogP contribution in [-0.2, 0) is 25.7 Å². The lowest BCUT2D eigenvalue weighted by atomic mass is 9.46. The molecule has 9 atom stereocenters. The molecule has 0 aliphatic heterocycles. The van der Waals surface area contributed by atoms with Crippen molar-refractivity contribution >= 4 is 23.4 Å². The average molecular weight is 588 g/mol. The highest BCUT2D eigenvalue weighted by Crippen LogP contribution is 2.69. The second-order valence-corrected chi connectivity index (χ2v) is 13.6. The second kappa shape index (κ2) is 11.2. The van der Waals surface area contributed by atoms with Crippen molar-refractivity contribution in [2.75, 3.05) is 13.7 Å². The fourth-order valence-corrected chi connectivity index (χ4v) is 8.99. The number of hydrogen-bond acceptors (Lipinski definition) is 6. The number of carbonyl (C=O) groups excluding carboxylic acids is 2. The van der Waals surface area contributed by atoms with Gasteiger partial charge in [0.05, 0.1) is 12.7 Å². The Kier molecular flexibility index (Phi) is 8.32. The van der Waals surface area contributed by atoms with Gasteiger partial charge in [-0.15, -0.1) is 0 Å². The molecular weight excluding hydrogens is 545 g/mol. The van der Waals surface area contributed by atoms with Crippen LogP contribution in [0.25, 0.3) is 0 Å². The number of alkyl halides is 1. The van der Waals surface area contributed by atoms with E-state index in [-0.39, 0.29) is 35.9 Å². The molecule has 4 aliphatic rings. The van der Waals surface area contributed by atoms with Gasteiger partial charge in [-0.2, -0.15) is 5.06 Å². The molecule has 0 bridgehead atoms. The molecule has 1 aromatic carbocycles. The number of fused-ring (bicyclic) bond motifs is 5. The summed E-state index contributed by atoms with van der Waals surface area (Å²) in [6.45, 7) is 8.74. The number of ketones is 1. The van der Waals surface area contributed by atoms with Crippen molar-refractivity contribution in [3.05, 3.63) is 58.7 Å². The van der Waals surface area contributed by atoms with Gasteiger partial charge >= 0.3 is 5.97 Å². The molecule has 4 aliphatic carbocycles. The number of halogens is 2. The Balaban J connectivity index is 1.52. The summed E-state index contributed by atoms with van der Waals surface area (Å²) < 4.78 is 21.8. The molecule has 224 valence electrons. The summed E-state index contributed by atoms with van der Waals surface area (Å²) in [5.41, 5.74) is -1.50. The van der Waals surface area contributed by atoms with Crippen LogP contribution >= 0.6 is 11.6 Å². The zero-order valence-corrected chi connectivity index (χ0v) is 25.5. The third-order valence-electron chi connectivity index (χ3n) is 10.7. The molecule has 3 saturated carbocycles. The fraction of sp³-hybridized carbons (Fsp3) is 0.636. The van der Waals surface area contributed by atoms with E-state index in [9.17, 15) is 14.7 Å². The highest BCUT2D eigenvalue weighted by Gasteiger charge is 2.74. The maximum Gasteiger partial charge on any atom is 0.341 e. The van der Waals surface area contributed by atoms with Crippen LogP contribution in [0.1, 0.15) is 65.4 Å². The van der Waals surface area contributed by atoms with E-state index >= 15 is 4.39 Å². The summed E-state index contributed by atoms with van der Waals surface area (Å²) in [5.74, 6) is -1.42. The average Bonchev–Trinajstić information content (AvgIpc) is 3.13. The van der Waals surface area contributed by atoms with E-state index < -0.39 is 34.7 Å². The van der Waals surface area contributed by atoms with Crippen molar-refractivity contribution in [1.29, 1.82) is 0 Å². The largest absolute Gasteiger partial charge is 0.463 e. The quantitative estimate of drug-likeness (QED) is 0.220. The molecule has 41 heavy (non-hydrogen) atoms. The maximum atomic E-state index is 15.9. The van der Waals surface area contributed by atoms with Gasteiger partial charge < -0.3 is 9.84 Å². The zero-order chi connectivity index (χ0) is 29.7. The van der Waals surface area contributed by atoms with Gasteiger partial charge in [-0.25, -0.2) is 9.18 Å². The van der Waals surface area contributed by atoms with Gasteiger partial charge in [0.2, 0.25) is 0 Å². The smallest absolute Gasteiger partial charge is 0.341 e. The molecule has 0 radical (unpaired) electrons. The standard InChI is InChI=1S/C33H43ClFNO5/c1-6-7-14-40-30(39)33(41-36(5)19-21-8-10-22(34)11-9-21)20(2)15-25-24-17-27(35)26-16-23(37)12-13-31(26,3)29(24)28(38)18-32(25,33)4/h8-13,16,20,24-25,27-29,38H,6-7,14-15,17-19H2,1-5H3/t20-,24+,25?,27+,28?,29?,31+,32+,33+/m1/s1. The Morgan fingerprint density at radius 1 is 1.22 bits per heavy atom. The lowest BCUT2D eigenvalue weighted by Gasteiger charge is -2.60. The third-order valence-corrected chi connectivity index (χ3v) is 10.9. The molecule has 3 fully saturated rings. The van der Waals surface area contributed by atoms with Crippen LogP contribution in [-0.4, -0.2) is 53.5 Å². The lowest BCUT2D eigenvalue weighted by Crippen LogP contribution is -2.65. The molecule has 0 aromatic heterocycles. The van der Waals surface area contributed by atoms with Gasteiger partial charge in [0.15, 0.2) is 11.4 Å². The van der Waals surface area contributed by atoms with E-state index in [4.69, 9.17) is 21.2 Å². The number of esters is 1. The Labute approximate surface area is 247 Å². The SMILES string of the molecule is CCCCOC(=O)[C@@]1(ON(C)Cc2ccc(Cl)cc2)[C@H](C)CC2[C@@H]3C[C@H](F)C4=CC(=O)C=C[C@]4(C)C3C(O)C[C@@]21C. The molecule has 0 spiro atoms. The van der Waals surface area contributed by atoms with E-state index in [1.165, 1.54) is 12.2 Å². The number of hydrogen-bond donors (Lipinski definition) is 1. The van der Waals surface area contributed by atoms with Gasteiger partial charge in [-0.05, 0) is 78.9 Å². The zero-order valence-electron chi connectivity index (χ0n) is 24.7. The van der Waals surface area contributed by atoms with Gasteiger partial charge in [-0.1, -0.05) is 63.9 Å². The van der Waals surface area contributed by atoms with E-state index in [2.05, 4.69) is 0 Å². The van der Waals surface area contributed by atoms with Gasteiger partial charge in [-0.3, -0.25) is 9.63 Å². The summed E-state index contributed by atoms with van der Waals surface area (Å²) >= 11 is 6.08. The number of aliphatic hydroxyl groups excluding tert-OH is 1. The molecule has 3 unspecified atom stereocenters. The first-order chi connectivity index (χ1) is 19.4. The molecule has 0 heterocycles. The van der Waals surface area contributed by atoms with Crippen LogP contribution in [0.2, 0.25) is 5.02 Å². The van der Waals surface area contributed by atoms with Crippen molar-refractivity contribution in [3.63, 3.8) is 0 Å². The topological polar surface area (TPSA) is 76.1 Å². The predicted octanol–water partition coefficient (Wildman–Crippen LogP) is 6.26. The van der Waals surface area contributed by atoms with E-state index in [1.54, 1.807) is 18.2 Å². The second-order valence-electron chi connectivity index (χ2n) is 13.2. The summed E-state index contributed by atoms with van der Waals surface area (Å²) in [6, 6.07) is 7.48. The number of carbonyl (C=O) groups is 2. The van der Waals surface area contributed by atoms with Crippen molar-refractivity contribution in [2.24, 2.45) is 34.5 Å². The number of aliphatic hydroxyl groups is 1. The minimum absolute atomic E-state index is 0.0868. The molecule has 6 nitrogen and oxygen atoms in total. The number of hydroxylamine groups is 2. The molecule has 0 amide bonds. The summed E-state index contributed by atoms with van der Waals surface area (Å²) in [5, 5.41) is 14.2. The Hall–Kier alpha value is -2.06. The first-order valence-electron chi connectivity index (χ1n) is 15.0. The van der Waals surface area contributed by atoms with Crippen molar-refractivity contribution in [3.8, 4) is 0 Å². The molecule has 1 aromatic rings. The van der Waals surface area contributed by atoms with Crippen LogP contribution in [0.5, 0.6) is 0 Å². The maximum absolute atomic E-state index is 15.9. The third kappa shape index (κ3) is 4.91. The number of rotatable bonds is 8. The molecule has 8 heteroatoms. The van der Waals surface area contributed by atoms with E-state index in [1.807, 2.05) is 52.0 Å². The lowest BCUT2D eigenvalue weighted by molar-refractivity contribution is -0.296. The summed E-state index contributed by atoms with van der Waals surface area (Å²) in [7, 11) is 1.81. The number of nitrogens with zero attached hydrogens (tertiary/aromatic N) is 1. The fourth-order valence-electron chi connectivity index (χ4n) is 8.86. The van der Waals surface area contributed by atoms with Gasteiger partial charge in [0.25, 0.3) is 0 Å². The highest BCUT2D eigenvalue weighted by molar-refractivity contribution is 6.30. The van der Waals surface area contributed by atoms with Crippen molar-refractivity contribution in [2.45, 2.75) is 84.2 Å². The van der Waals surface area contributed by atoms with Crippen LogP contribution in [0.15, 0.2) is 48.1 Å². The van der Waals surface area contributed by atoms with E-state index in [0.29, 0.717) is 36.6 Å². The molecule has 5 rings (SSSR count).